The molecule has 0 spiro atoms. The summed E-state index contributed by atoms with van der Waals surface area (Å²) in [7, 11) is 1.56. The molecule has 2 heterocycles. The van der Waals surface area contributed by atoms with E-state index in [4.69, 9.17) is 4.74 Å². The van der Waals surface area contributed by atoms with Gasteiger partial charge in [0.1, 0.15) is 10.6 Å². The van der Waals surface area contributed by atoms with Gasteiger partial charge in [0, 0.05) is 13.1 Å². The summed E-state index contributed by atoms with van der Waals surface area (Å²) in [4.78, 5) is 15.3. The van der Waals surface area contributed by atoms with Gasteiger partial charge in [-0.2, -0.15) is 0 Å². The van der Waals surface area contributed by atoms with Gasteiger partial charge in [0.25, 0.3) is 5.91 Å². The standard InChI is InChI=1S/C17H20N2O3S/c1-22-15-8-11-23-16(15)17(21)18-13-4-2-3-5-14(13)19-9-6-12(20)7-10-19/h2-5,8,11-12,20H,6-7,9-10H2,1H3,(H,18,21). The van der Waals surface area contributed by atoms with E-state index >= 15 is 0 Å². The van der Waals surface area contributed by atoms with E-state index in [1.54, 1.807) is 13.2 Å². The van der Waals surface area contributed by atoms with Crippen molar-refractivity contribution in [3.8, 4) is 5.75 Å². The summed E-state index contributed by atoms with van der Waals surface area (Å²) in [6.07, 6.45) is 1.28. The fraction of sp³-hybridized carbons (Fsp3) is 0.353. The summed E-state index contributed by atoms with van der Waals surface area (Å²) in [6, 6.07) is 9.56. The number of carbonyl (C=O) groups is 1. The maximum Gasteiger partial charge on any atom is 0.269 e. The molecule has 5 nitrogen and oxygen atoms in total. The fourth-order valence-corrected chi connectivity index (χ4v) is 3.52. The highest BCUT2D eigenvalue weighted by Gasteiger charge is 2.21. The minimum absolute atomic E-state index is 0.165. The molecule has 1 amide bonds. The van der Waals surface area contributed by atoms with Gasteiger partial charge in [0.15, 0.2) is 0 Å². The van der Waals surface area contributed by atoms with Gasteiger partial charge in [-0.3, -0.25) is 4.79 Å². The predicted octanol–water partition coefficient (Wildman–Crippen LogP) is 2.97. The van der Waals surface area contributed by atoms with Gasteiger partial charge in [-0.1, -0.05) is 12.1 Å². The van der Waals surface area contributed by atoms with Crippen molar-refractivity contribution < 1.29 is 14.6 Å². The lowest BCUT2D eigenvalue weighted by Crippen LogP contribution is -2.36. The maximum atomic E-state index is 12.5. The van der Waals surface area contributed by atoms with Gasteiger partial charge in [-0.05, 0) is 36.4 Å². The van der Waals surface area contributed by atoms with Crippen LogP contribution in [-0.2, 0) is 0 Å². The number of benzene rings is 1. The maximum absolute atomic E-state index is 12.5. The van der Waals surface area contributed by atoms with Crippen LogP contribution in [0.1, 0.15) is 22.5 Å². The highest BCUT2D eigenvalue weighted by atomic mass is 32.1. The van der Waals surface area contributed by atoms with E-state index in [9.17, 15) is 9.90 Å². The number of thiophene rings is 1. The van der Waals surface area contributed by atoms with Crippen LogP contribution < -0.4 is 15.0 Å². The number of ether oxygens (including phenoxy) is 1. The van der Waals surface area contributed by atoms with Gasteiger partial charge in [0.2, 0.25) is 0 Å². The van der Waals surface area contributed by atoms with E-state index < -0.39 is 0 Å². The smallest absolute Gasteiger partial charge is 0.269 e. The first-order valence-corrected chi connectivity index (χ1v) is 8.52. The van der Waals surface area contributed by atoms with E-state index in [2.05, 4.69) is 10.2 Å². The monoisotopic (exact) mass is 332 g/mol. The van der Waals surface area contributed by atoms with Crippen LogP contribution in [0.25, 0.3) is 0 Å². The van der Waals surface area contributed by atoms with Crippen molar-refractivity contribution in [3.63, 3.8) is 0 Å². The number of anilines is 2. The highest BCUT2D eigenvalue weighted by molar-refractivity contribution is 7.12. The number of hydrogen-bond donors (Lipinski definition) is 2. The Morgan fingerprint density at radius 2 is 2.04 bits per heavy atom. The number of rotatable bonds is 4. The van der Waals surface area contributed by atoms with E-state index in [1.807, 2.05) is 29.6 Å². The summed E-state index contributed by atoms with van der Waals surface area (Å²) in [5.41, 5.74) is 1.77. The molecule has 1 saturated heterocycles. The van der Waals surface area contributed by atoms with Crippen LogP contribution in [0.5, 0.6) is 5.75 Å². The van der Waals surface area contributed by atoms with Crippen molar-refractivity contribution in [1.82, 2.24) is 0 Å². The van der Waals surface area contributed by atoms with Crippen LogP contribution in [0.2, 0.25) is 0 Å². The average Bonchev–Trinajstić information content (AvgIpc) is 3.05. The molecule has 0 radical (unpaired) electrons. The van der Waals surface area contributed by atoms with Crippen molar-refractivity contribution in [3.05, 3.63) is 40.6 Å². The van der Waals surface area contributed by atoms with Crippen molar-refractivity contribution in [2.45, 2.75) is 18.9 Å². The molecule has 1 fully saturated rings. The van der Waals surface area contributed by atoms with E-state index in [0.717, 1.165) is 37.3 Å². The number of methoxy groups -OCH3 is 1. The zero-order valence-corrected chi connectivity index (χ0v) is 13.8. The Bertz CT molecular complexity index is 678. The second-order valence-electron chi connectivity index (χ2n) is 5.51. The van der Waals surface area contributed by atoms with Gasteiger partial charge in [0.05, 0.1) is 24.6 Å². The van der Waals surface area contributed by atoms with Crippen molar-refractivity contribution in [1.29, 1.82) is 0 Å². The van der Waals surface area contributed by atoms with Crippen LogP contribution in [0.15, 0.2) is 35.7 Å². The lowest BCUT2D eigenvalue weighted by Gasteiger charge is -2.32. The normalized spacial score (nSPS) is 15.5. The van der Waals surface area contributed by atoms with Gasteiger partial charge in [-0.25, -0.2) is 0 Å². The molecular formula is C17H20N2O3S. The Labute approximate surface area is 139 Å². The van der Waals surface area contributed by atoms with E-state index in [1.165, 1.54) is 11.3 Å². The van der Waals surface area contributed by atoms with Gasteiger partial charge < -0.3 is 20.1 Å². The number of piperidine rings is 1. The van der Waals surface area contributed by atoms with Gasteiger partial charge >= 0.3 is 0 Å². The Kier molecular flexibility index (Phi) is 4.83. The molecule has 0 unspecified atom stereocenters. The molecular weight excluding hydrogens is 312 g/mol. The number of aliphatic hydroxyl groups is 1. The molecule has 1 aliphatic heterocycles. The third kappa shape index (κ3) is 3.48. The number of nitrogens with zero attached hydrogens (tertiary/aromatic N) is 1. The zero-order valence-electron chi connectivity index (χ0n) is 13.0. The lowest BCUT2D eigenvalue weighted by molar-refractivity contribution is 0.102. The molecule has 23 heavy (non-hydrogen) atoms. The van der Waals surface area contributed by atoms with Crippen molar-refractivity contribution in [2.24, 2.45) is 0 Å². The average molecular weight is 332 g/mol. The summed E-state index contributed by atoms with van der Waals surface area (Å²) < 4.78 is 5.21. The minimum Gasteiger partial charge on any atom is -0.495 e. The SMILES string of the molecule is COc1ccsc1C(=O)Nc1ccccc1N1CCC(O)CC1. The topological polar surface area (TPSA) is 61.8 Å². The third-order valence-electron chi connectivity index (χ3n) is 4.01. The molecule has 2 N–H and O–H groups in total. The first-order valence-electron chi connectivity index (χ1n) is 7.64. The second-order valence-corrected chi connectivity index (χ2v) is 6.42. The number of nitrogens with one attached hydrogen (secondary N) is 1. The molecule has 1 aromatic heterocycles. The van der Waals surface area contributed by atoms with E-state index in [0.29, 0.717) is 10.6 Å². The number of hydrogen-bond acceptors (Lipinski definition) is 5. The molecule has 0 aliphatic carbocycles. The molecule has 122 valence electrons. The first kappa shape index (κ1) is 15.8. The van der Waals surface area contributed by atoms with Gasteiger partial charge in [-0.15, -0.1) is 11.3 Å². The second kappa shape index (κ2) is 7.02. The summed E-state index contributed by atoms with van der Waals surface area (Å²) >= 11 is 1.36. The number of amides is 1. The molecule has 3 rings (SSSR count). The quantitative estimate of drug-likeness (QED) is 0.904. The molecule has 1 aliphatic rings. The largest absolute Gasteiger partial charge is 0.495 e. The molecule has 1 aromatic carbocycles. The fourth-order valence-electron chi connectivity index (χ4n) is 2.76. The Morgan fingerprint density at radius 3 is 2.78 bits per heavy atom. The molecule has 0 saturated carbocycles. The number of carbonyl (C=O) groups excluding carboxylic acids is 1. The van der Waals surface area contributed by atoms with E-state index in [-0.39, 0.29) is 12.0 Å². The summed E-state index contributed by atoms with van der Waals surface area (Å²) in [6.45, 7) is 1.58. The third-order valence-corrected chi connectivity index (χ3v) is 4.91. The first-order chi connectivity index (χ1) is 11.2. The molecule has 0 bridgehead atoms. The van der Waals surface area contributed by atoms with Crippen LogP contribution in [0, 0.1) is 0 Å². The summed E-state index contributed by atoms with van der Waals surface area (Å²) in [5.74, 6) is 0.424. The number of aliphatic hydroxyl groups excluding tert-OH is 1. The lowest BCUT2D eigenvalue weighted by atomic mass is 10.1. The molecule has 2 aromatic rings. The van der Waals surface area contributed by atoms with Crippen LogP contribution in [-0.4, -0.2) is 37.3 Å². The van der Waals surface area contributed by atoms with Crippen molar-refractivity contribution >= 4 is 28.6 Å². The molecule has 0 atom stereocenters. The predicted molar refractivity (Wildman–Crippen MR) is 92.7 cm³/mol. The van der Waals surface area contributed by atoms with Crippen LogP contribution in [0.3, 0.4) is 0 Å². The van der Waals surface area contributed by atoms with Crippen LogP contribution in [0.4, 0.5) is 11.4 Å². The highest BCUT2D eigenvalue weighted by Crippen LogP contribution is 2.30. The Morgan fingerprint density at radius 1 is 1.30 bits per heavy atom. The zero-order chi connectivity index (χ0) is 16.2. The minimum atomic E-state index is -0.219. The Balaban J connectivity index is 1.79. The molecule has 6 heteroatoms. The number of para-hydroxylation sites is 2. The summed E-state index contributed by atoms with van der Waals surface area (Å²) in [5, 5.41) is 14.5. The van der Waals surface area contributed by atoms with Crippen molar-refractivity contribution in [2.75, 3.05) is 30.4 Å². The Hall–Kier alpha value is -2.05. The van der Waals surface area contributed by atoms with Crippen LogP contribution >= 0.6 is 11.3 Å².